The molecule has 0 aromatic heterocycles. The van der Waals surface area contributed by atoms with Crippen LogP contribution in [0.25, 0.3) is 0 Å². The lowest BCUT2D eigenvalue weighted by molar-refractivity contribution is 0.414. The fourth-order valence-electron chi connectivity index (χ4n) is 2.38. The second-order valence-electron chi connectivity index (χ2n) is 5.59. The minimum Gasteiger partial charge on any atom is -0.497 e. The highest BCUT2D eigenvalue weighted by atomic mass is 32.2. The molecule has 0 fully saturated rings. The lowest BCUT2D eigenvalue weighted by atomic mass is 10.1. The van der Waals surface area contributed by atoms with Crippen LogP contribution in [0.2, 0.25) is 0 Å². The molecule has 0 atom stereocenters. The Labute approximate surface area is 138 Å². The van der Waals surface area contributed by atoms with Gasteiger partial charge in [-0.3, -0.25) is 0 Å². The molecular formula is C18H23NO3S. The largest absolute Gasteiger partial charge is 0.497 e. The number of nitrogens with one attached hydrogen (secondary N) is 1. The van der Waals surface area contributed by atoms with Crippen molar-refractivity contribution in [1.29, 1.82) is 0 Å². The van der Waals surface area contributed by atoms with Crippen LogP contribution in [-0.4, -0.2) is 22.1 Å². The van der Waals surface area contributed by atoms with Crippen LogP contribution in [0.3, 0.4) is 0 Å². The Morgan fingerprint density at radius 3 is 2.43 bits per heavy atom. The number of rotatable bonds is 8. The first-order chi connectivity index (χ1) is 11.0. The topological polar surface area (TPSA) is 55.4 Å². The lowest BCUT2D eigenvalue weighted by Gasteiger charge is -2.08. The van der Waals surface area contributed by atoms with Gasteiger partial charge in [0.25, 0.3) is 0 Å². The van der Waals surface area contributed by atoms with Crippen LogP contribution >= 0.6 is 0 Å². The zero-order valence-electron chi connectivity index (χ0n) is 13.6. The van der Waals surface area contributed by atoms with Crippen molar-refractivity contribution in [2.75, 3.05) is 13.7 Å². The Morgan fingerprint density at radius 2 is 1.78 bits per heavy atom. The molecule has 0 aliphatic carbocycles. The van der Waals surface area contributed by atoms with Crippen LogP contribution in [0.1, 0.15) is 23.1 Å². The van der Waals surface area contributed by atoms with Crippen molar-refractivity contribution in [3.63, 3.8) is 0 Å². The van der Waals surface area contributed by atoms with Crippen molar-refractivity contribution in [1.82, 2.24) is 4.72 Å². The van der Waals surface area contributed by atoms with E-state index in [-0.39, 0.29) is 5.75 Å². The normalized spacial score (nSPS) is 11.4. The van der Waals surface area contributed by atoms with Gasteiger partial charge in [-0.05, 0) is 43.0 Å². The molecule has 0 aliphatic heterocycles. The molecule has 0 amide bonds. The quantitative estimate of drug-likeness (QED) is 0.756. The Bertz CT molecular complexity index is 724. The highest BCUT2D eigenvalue weighted by Crippen LogP contribution is 2.12. The SMILES string of the molecule is COc1ccc(CCCNS(=O)(=O)Cc2cccc(C)c2)cc1. The molecule has 0 unspecified atom stereocenters. The summed E-state index contributed by atoms with van der Waals surface area (Å²) in [5, 5.41) is 0. The van der Waals surface area contributed by atoms with E-state index in [1.165, 1.54) is 5.56 Å². The van der Waals surface area contributed by atoms with Gasteiger partial charge in [0.1, 0.15) is 5.75 Å². The number of hydrogen-bond acceptors (Lipinski definition) is 3. The first kappa shape index (κ1) is 17.5. The highest BCUT2D eigenvalue weighted by molar-refractivity contribution is 7.88. The average molecular weight is 333 g/mol. The van der Waals surface area contributed by atoms with Crippen molar-refractivity contribution in [2.45, 2.75) is 25.5 Å². The summed E-state index contributed by atoms with van der Waals surface area (Å²) in [4.78, 5) is 0. The molecule has 1 N–H and O–H groups in total. The molecule has 5 heteroatoms. The molecule has 4 nitrogen and oxygen atoms in total. The van der Waals surface area contributed by atoms with Gasteiger partial charge in [-0.25, -0.2) is 13.1 Å². The molecular weight excluding hydrogens is 310 g/mol. The van der Waals surface area contributed by atoms with Crippen molar-refractivity contribution in [3.8, 4) is 5.75 Å². The van der Waals surface area contributed by atoms with E-state index < -0.39 is 10.0 Å². The van der Waals surface area contributed by atoms with Gasteiger partial charge in [0, 0.05) is 6.54 Å². The van der Waals surface area contributed by atoms with Gasteiger partial charge in [-0.1, -0.05) is 42.0 Å². The molecule has 2 aromatic carbocycles. The summed E-state index contributed by atoms with van der Waals surface area (Å²) in [6.45, 7) is 2.40. The van der Waals surface area contributed by atoms with Gasteiger partial charge >= 0.3 is 0 Å². The van der Waals surface area contributed by atoms with E-state index in [1.807, 2.05) is 55.5 Å². The molecule has 124 valence electrons. The minimum absolute atomic E-state index is 0.0250. The first-order valence-electron chi connectivity index (χ1n) is 7.64. The summed E-state index contributed by atoms with van der Waals surface area (Å²) >= 11 is 0. The third-order valence-electron chi connectivity index (χ3n) is 3.56. The number of hydrogen-bond donors (Lipinski definition) is 1. The maximum Gasteiger partial charge on any atom is 0.215 e. The van der Waals surface area contributed by atoms with Gasteiger partial charge in [0.05, 0.1) is 12.9 Å². The fraction of sp³-hybridized carbons (Fsp3) is 0.333. The maximum absolute atomic E-state index is 12.1. The summed E-state index contributed by atoms with van der Waals surface area (Å²) in [6, 6.07) is 15.4. The predicted octanol–water partition coefficient (Wildman–Crippen LogP) is 3.06. The van der Waals surface area contributed by atoms with Crippen LogP contribution in [0, 0.1) is 6.92 Å². The summed E-state index contributed by atoms with van der Waals surface area (Å²) in [5.41, 5.74) is 3.05. The van der Waals surface area contributed by atoms with Gasteiger partial charge in [0.2, 0.25) is 10.0 Å². The fourth-order valence-corrected chi connectivity index (χ4v) is 3.56. The maximum atomic E-state index is 12.1. The van der Waals surface area contributed by atoms with Gasteiger partial charge in [-0.2, -0.15) is 0 Å². The summed E-state index contributed by atoms with van der Waals surface area (Å²) in [6.07, 6.45) is 1.59. The van der Waals surface area contributed by atoms with E-state index in [0.717, 1.165) is 29.7 Å². The zero-order valence-corrected chi connectivity index (χ0v) is 14.4. The van der Waals surface area contributed by atoms with E-state index in [2.05, 4.69) is 4.72 Å². The molecule has 0 heterocycles. The third-order valence-corrected chi connectivity index (χ3v) is 4.92. The van der Waals surface area contributed by atoms with E-state index >= 15 is 0 Å². The van der Waals surface area contributed by atoms with Crippen LogP contribution < -0.4 is 9.46 Å². The smallest absolute Gasteiger partial charge is 0.215 e. The Morgan fingerprint density at radius 1 is 1.04 bits per heavy atom. The lowest BCUT2D eigenvalue weighted by Crippen LogP contribution is -2.26. The molecule has 0 saturated heterocycles. The minimum atomic E-state index is -3.29. The highest BCUT2D eigenvalue weighted by Gasteiger charge is 2.10. The van der Waals surface area contributed by atoms with Gasteiger partial charge < -0.3 is 4.74 Å². The first-order valence-corrected chi connectivity index (χ1v) is 9.29. The van der Waals surface area contributed by atoms with Crippen LogP contribution in [0.4, 0.5) is 0 Å². The van der Waals surface area contributed by atoms with Crippen LogP contribution in [0.5, 0.6) is 5.75 Å². The molecule has 23 heavy (non-hydrogen) atoms. The van der Waals surface area contributed by atoms with Gasteiger partial charge in [-0.15, -0.1) is 0 Å². The molecule has 0 saturated carbocycles. The average Bonchev–Trinajstić information content (AvgIpc) is 2.52. The third kappa shape index (κ3) is 6.04. The molecule has 2 aromatic rings. The van der Waals surface area contributed by atoms with Crippen LogP contribution in [0.15, 0.2) is 48.5 Å². The second-order valence-corrected chi connectivity index (χ2v) is 7.40. The number of benzene rings is 2. The van der Waals surface area contributed by atoms with Crippen molar-refractivity contribution < 1.29 is 13.2 Å². The van der Waals surface area contributed by atoms with E-state index in [1.54, 1.807) is 7.11 Å². The number of sulfonamides is 1. The summed E-state index contributed by atoms with van der Waals surface area (Å²) in [7, 11) is -1.65. The van der Waals surface area contributed by atoms with Crippen molar-refractivity contribution in [2.24, 2.45) is 0 Å². The Kier molecular flexibility index (Phi) is 6.19. The second kappa shape index (κ2) is 8.13. The van der Waals surface area contributed by atoms with Gasteiger partial charge in [0.15, 0.2) is 0 Å². The zero-order chi connectivity index (χ0) is 16.7. The molecule has 0 spiro atoms. The number of aryl methyl sites for hydroxylation is 2. The standard InChI is InChI=1S/C18H23NO3S/c1-15-5-3-6-17(13-15)14-23(20,21)19-12-4-7-16-8-10-18(22-2)11-9-16/h3,5-6,8-11,13,19H,4,7,12,14H2,1-2H3. The molecule has 0 aliphatic rings. The van der Waals surface area contributed by atoms with Crippen molar-refractivity contribution in [3.05, 3.63) is 65.2 Å². The number of ether oxygens (including phenoxy) is 1. The summed E-state index contributed by atoms with van der Waals surface area (Å²) < 4.78 is 31.9. The monoisotopic (exact) mass is 333 g/mol. The number of methoxy groups -OCH3 is 1. The predicted molar refractivity (Wildman–Crippen MR) is 93.1 cm³/mol. The van der Waals surface area contributed by atoms with E-state index in [0.29, 0.717) is 6.54 Å². The van der Waals surface area contributed by atoms with E-state index in [9.17, 15) is 8.42 Å². The molecule has 0 radical (unpaired) electrons. The van der Waals surface area contributed by atoms with E-state index in [4.69, 9.17) is 4.74 Å². The Hall–Kier alpha value is -1.85. The van der Waals surface area contributed by atoms with Crippen LogP contribution in [-0.2, 0) is 22.2 Å². The molecule has 2 rings (SSSR count). The summed E-state index contributed by atoms with van der Waals surface area (Å²) in [5.74, 6) is 0.852. The van der Waals surface area contributed by atoms with Crippen molar-refractivity contribution >= 4 is 10.0 Å². The molecule has 0 bridgehead atoms. The Balaban J connectivity index is 1.78.